The molecule has 0 N–H and O–H groups in total. The molecule has 1 aromatic carbocycles. The molecule has 1 fully saturated rings. The molecule has 1 aliphatic rings. The number of non-ortho nitro benzene ring substituents is 1. The molecule has 8 heteroatoms. The van der Waals surface area contributed by atoms with Gasteiger partial charge in [-0.3, -0.25) is 10.1 Å². The number of carbonyl (C=O) groups is 1. The summed E-state index contributed by atoms with van der Waals surface area (Å²) < 4.78 is 24.1. The van der Waals surface area contributed by atoms with E-state index >= 15 is 0 Å². The predicted molar refractivity (Wildman–Crippen MR) is 71.6 cm³/mol. The molecule has 21 heavy (non-hydrogen) atoms. The number of methoxy groups -OCH3 is 1. The largest absolute Gasteiger partial charge is 0.467 e. The summed E-state index contributed by atoms with van der Waals surface area (Å²) in [6.07, 6.45) is -1.11. The Morgan fingerprint density at radius 2 is 2.24 bits per heavy atom. The first kappa shape index (κ1) is 15.2. The van der Waals surface area contributed by atoms with Gasteiger partial charge in [0.2, 0.25) is 0 Å². The van der Waals surface area contributed by atoms with Gasteiger partial charge in [0.25, 0.3) is 5.69 Å². The minimum atomic E-state index is -0.812. The standard InChI is InChI=1S/C13H15FN2O5/c1-8-6-15(7-12(21-8)13(17)20-2)11-4-3-9(16(18)19)5-10(11)14/h3-5,8,12H,6-7H2,1-2H3/t8-,12?/m1/s1. The molecule has 0 bridgehead atoms. The number of esters is 1. The van der Waals surface area contributed by atoms with Crippen LogP contribution in [-0.4, -0.2) is 43.3 Å². The summed E-state index contributed by atoms with van der Waals surface area (Å²) in [7, 11) is 1.25. The van der Waals surface area contributed by atoms with E-state index in [1.54, 1.807) is 11.8 Å². The molecule has 114 valence electrons. The van der Waals surface area contributed by atoms with E-state index in [1.165, 1.54) is 19.2 Å². The number of rotatable bonds is 3. The fraction of sp³-hybridized carbons (Fsp3) is 0.462. The minimum absolute atomic E-state index is 0.131. The number of hydrogen-bond acceptors (Lipinski definition) is 6. The molecular weight excluding hydrogens is 283 g/mol. The Balaban J connectivity index is 2.24. The molecule has 0 spiro atoms. The van der Waals surface area contributed by atoms with E-state index in [4.69, 9.17) is 4.74 Å². The van der Waals surface area contributed by atoms with E-state index in [2.05, 4.69) is 4.74 Å². The van der Waals surface area contributed by atoms with E-state index in [0.717, 1.165) is 6.07 Å². The summed E-state index contributed by atoms with van der Waals surface area (Å²) >= 11 is 0. The fourth-order valence-electron chi connectivity index (χ4n) is 2.28. The molecule has 1 heterocycles. The predicted octanol–water partition coefficient (Wildman–Crippen LogP) is 1.50. The van der Waals surface area contributed by atoms with E-state index in [-0.39, 0.29) is 24.0 Å². The Morgan fingerprint density at radius 1 is 1.52 bits per heavy atom. The molecule has 7 nitrogen and oxygen atoms in total. The van der Waals surface area contributed by atoms with Gasteiger partial charge in [0.15, 0.2) is 11.9 Å². The second-order valence-corrected chi connectivity index (χ2v) is 4.76. The van der Waals surface area contributed by atoms with Crippen LogP contribution in [0, 0.1) is 15.9 Å². The van der Waals surface area contributed by atoms with Gasteiger partial charge in [-0.05, 0) is 13.0 Å². The summed E-state index contributed by atoms with van der Waals surface area (Å²) in [6.45, 7) is 2.26. The van der Waals surface area contributed by atoms with Gasteiger partial charge in [0.05, 0.1) is 36.4 Å². The van der Waals surface area contributed by atoms with Crippen LogP contribution in [-0.2, 0) is 14.3 Å². The van der Waals surface area contributed by atoms with Gasteiger partial charge in [0, 0.05) is 12.6 Å². The second kappa shape index (κ2) is 6.04. The average molecular weight is 298 g/mol. The van der Waals surface area contributed by atoms with Crippen molar-refractivity contribution in [2.45, 2.75) is 19.1 Å². The van der Waals surface area contributed by atoms with Gasteiger partial charge >= 0.3 is 5.97 Å². The molecular formula is C13H15FN2O5. The Kier molecular flexibility index (Phi) is 4.37. The summed E-state index contributed by atoms with van der Waals surface area (Å²) in [4.78, 5) is 23.1. The van der Waals surface area contributed by atoms with Crippen molar-refractivity contribution in [2.24, 2.45) is 0 Å². The van der Waals surface area contributed by atoms with Crippen LogP contribution in [0.4, 0.5) is 15.8 Å². The monoisotopic (exact) mass is 298 g/mol. The molecule has 1 aliphatic heterocycles. The topological polar surface area (TPSA) is 81.9 Å². The van der Waals surface area contributed by atoms with Crippen molar-refractivity contribution in [1.29, 1.82) is 0 Å². The highest BCUT2D eigenvalue weighted by Crippen LogP contribution is 2.27. The van der Waals surface area contributed by atoms with Crippen molar-refractivity contribution < 1.29 is 23.6 Å². The van der Waals surface area contributed by atoms with Crippen LogP contribution in [0.25, 0.3) is 0 Å². The minimum Gasteiger partial charge on any atom is -0.467 e. The van der Waals surface area contributed by atoms with Gasteiger partial charge in [-0.25, -0.2) is 9.18 Å². The van der Waals surface area contributed by atoms with E-state index < -0.39 is 22.8 Å². The van der Waals surface area contributed by atoms with E-state index in [1.807, 2.05) is 0 Å². The first-order valence-electron chi connectivity index (χ1n) is 6.34. The lowest BCUT2D eigenvalue weighted by Gasteiger charge is -2.36. The maximum atomic E-state index is 14.0. The number of nitro benzene ring substituents is 1. The zero-order chi connectivity index (χ0) is 15.6. The molecule has 1 saturated heterocycles. The lowest BCUT2D eigenvalue weighted by molar-refractivity contribution is -0.385. The Hall–Kier alpha value is -2.22. The number of nitro groups is 1. The summed E-state index contributed by atoms with van der Waals surface area (Å²) in [5, 5.41) is 10.6. The number of hydrogen-bond donors (Lipinski definition) is 0. The number of nitrogens with zero attached hydrogens (tertiary/aromatic N) is 2. The fourth-order valence-corrected chi connectivity index (χ4v) is 2.28. The molecule has 1 unspecified atom stereocenters. The lowest BCUT2D eigenvalue weighted by atomic mass is 10.1. The Morgan fingerprint density at radius 3 is 2.81 bits per heavy atom. The maximum absolute atomic E-state index is 14.0. The summed E-state index contributed by atoms with van der Waals surface area (Å²) in [5.41, 5.74) is -0.119. The van der Waals surface area contributed by atoms with Crippen LogP contribution in [0.5, 0.6) is 0 Å². The van der Waals surface area contributed by atoms with E-state index in [9.17, 15) is 19.3 Å². The maximum Gasteiger partial charge on any atom is 0.336 e. The average Bonchev–Trinajstić information content (AvgIpc) is 2.45. The summed E-state index contributed by atoms with van der Waals surface area (Å²) in [6, 6.07) is 3.42. The third kappa shape index (κ3) is 3.27. The van der Waals surface area contributed by atoms with Gasteiger partial charge in [0.1, 0.15) is 0 Å². The molecule has 0 radical (unpaired) electrons. The van der Waals surface area contributed by atoms with Crippen molar-refractivity contribution in [3.8, 4) is 0 Å². The SMILES string of the molecule is COC(=O)C1CN(c2ccc([N+](=O)[O-])cc2F)C[C@@H](C)O1. The molecule has 0 amide bonds. The molecule has 0 aromatic heterocycles. The number of benzene rings is 1. The highest BCUT2D eigenvalue weighted by Gasteiger charge is 2.32. The number of morpholine rings is 1. The van der Waals surface area contributed by atoms with Crippen molar-refractivity contribution in [3.63, 3.8) is 0 Å². The zero-order valence-corrected chi connectivity index (χ0v) is 11.6. The third-order valence-corrected chi connectivity index (χ3v) is 3.21. The molecule has 2 rings (SSSR count). The van der Waals surface area contributed by atoms with Crippen LogP contribution in [0.1, 0.15) is 6.92 Å². The van der Waals surface area contributed by atoms with Crippen molar-refractivity contribution in [1.82, 2.24) is 0 Å². The van der Waals surface area contributed by atoms with Crippen LogP contribution >= 0.6 is 0 Å². The molecule has 1 aromatic rings. The number of carbonyl (C=O) groups excluding carboxylic acids is 1. The Bertz CT molecular complexity index is 565. The lowest BCUT2D eigenvalue weighted by Crippen LogP contribution is -2.50. The van der Waals surface area contributed by atoms with Gasteiger partial charge in [-0.15, -0.1) is 0 Å². The van der Waals surface area contributed by atoms with Crippen molar-refractivity contribution in [2.75, 3.05) is 25.1 Å². The third-order valence-electron chi connectivity index (χ3n) is 3.21. The molecule has 2 atom stereocenters. The van der Waals surface area contributed by atoms with Gasteiger partial charge in [-0.2, -0.15) is 0 Å². The van der Waals surface area contributed by atoms with Crippen LogP contribution in [0.2, 0.25) is 0 Å². The van der Waals surface area contributed by atoms with Gasteiger partial charge < -0.3 is 14.4 Å². The molecule has 0 saturated carbocycles. The quantitative estimate of drug-likeness (QED) is 0.478. The first-order valence-corrected chi connectivity index (χ1v) is 6.34. The first-order chi connectivity index (χ1) is 9.92. The van der Waals surface area contributed by atoms with Crippen molar-refractivity contribution in [3.05, 3.63) is 34.1 Å². The van der Waals surface area contributed by atoms with Crippen molar-refractivity contribution >= 4 is 17.3 Å². The highest BCUT2D eigenvalue weighted by molar-refractivity contribution is 5.76. The number of anilines is 1. The number of ether oxygens (including phenoxy) is 2. The van der Waals surface area contributed by atoms with Crippen LogP contribution in [0.15, 0.2) is 18.2 Å². The zero-order valence-electron chi connectivity index (χ0n) is 11.6. The van der Waals surface area contributed by atoms with E-state index in [0.29, 0.717) is 6.54 Å². The Labute approximate surface area is 120 Å². The normalized spacial score (nSPS) is 22.0. The second-order valence-electron chi connectivity index (χ2n) is 4.76. The summed E-state index contributed by atoms with van der Waals surface area (Å²) in [5.74, 6) is -1.24. The van der Waals surface area contributed by atoms with Gasteiger partial charge in [-0.1, -0.05) is 0 Å². The van der Waals surface area contributed by atoms with Crippen LogP contribution < -0.4 is 4.90 Å². The highest BCUT2D eigenvalue weighted by atomic mass is 19.1. The van der Waals surface area contributed by atoms with Crippen LogP contribution in [0.3, 0.4) is 0 Å². The smallest absolute Gasteiger partial charge is 0.336 e. The number of halogens is 1. The molecule has 0 aliphatic carbocycles.